The van der Waals surface area contributed by atoms with Crippen LogP contribution in [0.5, 0.6) is 0 Å². The first-order valence-electron chi connectivity index (χ1n) is 2.54. The second-order valence-electron chi connectivity index (χ2n) is 1.93. The molecule has 0 aliphatic heterocycles. The maximum atomic E-state index is 10.6. The summed E-state index contributed by atoms with van der Waals surface area (Å²) in [5.74, 6) is 0.223. The first-order chi connectivity index (χ1) is 3.68. The van der Waals surface area contributed by atoms with E-state index in [2.05, 4.69) is 4.84 Å². The van der Waals surface area contributed by atoms with Crippen LogP contribution in [0.3, 0.4) is 0 Å². The van der Waals surface area contributed by atoms with Gasteiger partial charge in [0.25, 0.3) is 0 Å². The average molecular weight is 136 g/mol. The number of halogens is 1. The zero-order valence-corrected chi connectivity index (χ0v) is 5.83. The van der Waals surface area contributed by atoms with Crippen LogP contribution in [0.4, 0.5) is 0 Å². The Balaban J connectivity index is 3.33. The molecule has 1 N–H and O–H groups in total. The summed E-state index contributed by atoms with van der Waals surface area (Å²) >= 11 is 5.07. The fourth-order valence-electron chi connectivity index (χ4n) is 0.270. The highest BCUT2D eigenvalue weighted by atomic mass is 35.5. The molecular formula is C5H10ClNO. The van der Waals surface area contributed by atoms with Gasteiger partial charge in [-0.15, -0.1) is 0 Å². The lowest BCUT2D eigenvalue weighted by molar-refractivity contribution is -0.120. The van der Waals surface area contributed by atoms with Gasteiger partial charge in [-0.05, 0) is 11.8 Å². The Morgan fingerprint density at radius 2 is 2.25 bits per heavy atom. The second kappa shape index (κ2) is 3.87. The van der Waals surface area contributed by atoms with Crippen molar-refractivity contribution in [1.82, 2.24) is 4.84 Å². The summed E-state index contributed by atoms with van der Waals surface area (Å²) < 4.78 is 0. The molecule has 0 saturated heterocycles. The van der Waals surface area contributed by atoms with Gasteiger partial charge in [0.15, 0.2) is 0 Å². The Kier molecular flexibility index (Phi) is 3.83. The predicted octanol–water partition coefficient (Wildman–Crippen LogP) is 0.955. The highest BCUT2D eigenvalue weighted by Gasteiger charge is 2.03. The van der Waals surface area contributed by atoms with E-state index in [0.717, 1.165) is 0 Å². The third-order valence-electron chi connectivity index (χ3n) is 0.885. The van der Waals surface area contributed by atoms with Gasteiger partial charge in [0, 0.05) is 5.92 Å². The monoisotopic (exact) mass is 135 g/mol. The van der Waals surface area contributed by atoms with Crippen molar-refractivity contribution in [2.45, 2.75) is 13.8 Å². The van der Waals surface area contributed by atoms with Crippen molar-refractivity contribution in [1.29, 1.82) is 0 Å². The van der Waals surface area contributed by atoms with Crippen LogP contribution in [0.1, 0.15) is 13.8 Å². The Morgan fingerprint density at radius 3 is 2.38 bits per heavy atom. The molecule has 0 fully saturated rings. The molecule has 0 aromatic rings. The van der Waals surface area contributed by atoms with E-state index in [4.69, 9.17) is 11.8 Å². The molecule has 2 nitrogen and oxygen atoms in total. The third kappa shape index (κ3) is 2.99. The summed E-state index contributed by atoms with van der Waals surface area (Å²) in [6, 6.07) is 0. The topological polar surface area (TPSA) is 29.1 Å². The summed E-state index contributed by atoms with van der Waals surface area (Å²) in [5, 5.41) is 0. The Hall–Kier alpha value is -0.0800. The van der Waals surface area contributed by atoms with E-state index < -0.39 is 0 Å². The largest absolute Gasteiger partial charge is 0.298 e. The number of carbonyl (C=O) groups is 1. The van der Waals surface area contributed by atoms with Crippen molar-refractivity contribution < 1.29 is 4.79 Å². The van der Waals surface area contributed by atoms with E-state index in [1.165, 1.54) is 0 Å². The number of hydrogen-bond donors (Lipinski definition) is 1. The number of Topliss-reactive ketones (excluding diaryl/α,β-unsaturated/α-hetero) is 1. The Labute approximate surface area is 54.3 Å². The minimum absolute atomic E-state index is 0.0845. The van der Waals surface area contributed by atoms with E-state index in [1.807, 2.05) is 13.8 Å². The second-order valence-corrected chi connectivity index (χ2v) is 2.20. The fraction of sp³-hybridized carbons (Fsp3) is 0.800. The summed E-state index contributed by atoms with van der Waals surface area (Å²) in [6.45, 7) is 3.95. The number of ketones is 1. The van der Waals surface area contributed by atoms with Crippen LogP contribution in [0.2, 0.25) is 0 Å². The van der Waals surface area contributed by atoms with Crippen molar-refractivity contribution in [3.05, 3.63) is 0 Å². The lowest BCUT2D eigenvalue weighted by Gasteiger charge is -1.98. The molecule has 0 amide bonds. The van der Waals surface area contributed by atoms with E-state index in [-0.39, 0.29) is 18.2 Å². The van der Waals surface area contributed by atoms with Gasteiger partial charge >= 0.3 is 0 Å². The number of carbonyl (C=O) groups excluding carboxylic acids is 1. The summed E-state index contributed by atoms with van der Waals surface area (Å²) in [7, 11) is 0. The molecule has 0 bridgehead atoms. The molecule has 0 heterocycles. The molecule has 0 saturated carbocycles. The molecule has 0 atom stereocenters. The maximum Gasteiger partial charge on any atom is 0.150 e. The van der Waals surface area contributed by atoms with E-state index in [0.29, 0.717) is 0 Å². The zero-order valence-electron chi connectivity index (χ0n) is 5.07. The standard InChI is InChI=1S/C5H10ClNO/c1-4(2)5(8)3-7-6/h4,7H,3H2,1-2H3. The van der Waals surface area contributed by atoms with Gasteiger partial charge in [0.1, 0.15) is 5.78 Å². The predicted molar refractivity (Wildman–Crippen MR) is 33.7 cm³/mol. The van der Waals surface area contributed by atoms with Gasteiger partial charge in [-0.25, -0.2) is 4.84 Å². The van der Waals surface area contributed by atoms with E-state index in [9.17, 15) is 4.79 Å². The van der Waals surface area contributed by atoms with Gasteiger partial charge < -0.3 is 0 Å². The SMILES string of the molecule is CC(C)C(=O)CNCl. The first-order valence-corrected chi connectivity index (χ1v) is 2.92. The number of nitrogens with one attached hydrogen (secondary N) is 1. The van der Waals surface area contributed by atoms with Gasteiger partial charge in [0.2, 0.25) is 0 Å². The zero-order chi connectivity index (χ0) is 6.57. The van der Waals surface area contributed by atoms with Crippen LogP contribution < -0.4 is 4.84 Å². The van der Waals surface area contributed by atoms with Crippen molar-refractivity contribution in [3.63, 3.8) is 0 Å². The van der Waals surface area contributed by atoms with Gasteiger partial charge in [-0.3, -0.25) is 4.79 Å². The molecule has 0 unspecified atom stereocenters. The number of rotatable bonds is 3. The third-order valence-corrected chi connectivity index (χ3v) is 1.02. The quantitative estimate of drug-likeness (QED) is 0.584. The molecule has 0 spiro atoms. The number of hydrogen-bond acceptors (Lipinski definition) is 2. The van der Waals surface area contributed by atoms with Crippen LogP contribution in [0.15, 0.2) is 0 Å². The van der Waals surface area contributed by atoms with Crippen molar-refractivity contribution in [2.24, 2.45) is 5.92 Å². The van der Waals surface area contributed by atoms with E-state index in [1.54, 1.807) is 0 Å². The van der Waals surface area contributed by atoms with Crippen LogP contribution in [-0.4, -0.2) is 12.3 Å². The van der Waals surface area contributed by atoms with Crippen molar-refractivity contribution in [2.75, 3.05) is 6.54 Å². The highest BCUT2D eigenvalue weighted by molar-refractivity contribution is 6.14. The van der Waals surface area contributed by atoms with Crippen LogP contribution in [0, 0.1) is 5.92 Å². The molecule has 0 aromatic carbocycles. The molecule has 0 aromatic heterocycles. The molecular weight excluding hydrogens is 126 g/mol. The lowest BCUT2D eigenvalue weighted by atomic mass is 10.1. The van der Waals surface area contributed by atoms with Crippen LogP contribution in [0.25, 0.3) is 0 Å². The molecule has 3 heteroatoms. The minimum atomic E-state index is 0.0845. The molecule has 0 aliphatic carbocycles. The Bertz CT molecular complexity index is 82.5. The van der Waals surface area contributed by atoms with Gasteiger partial charge in [-0.2, -0.15) is 0 Å². The summed E-state index contributed by atoms with van der Waals surface area (Å²) in [6.07, 6.45) is 0. The molecule has 8 heavy (non-hydrogen) atoms. The molecule has 0 rings (SSSR count). The van der Waals surface area contributed by atoms with Crippen molar-refractivity contribution in [3.8, 4) is 0 Å². The molecule has 48 valence electrons. The van der Waals surface area contributed by atoms with Crippen molar-refractivity contribution >= 4 is 17.6 Å². The summed E-state index contributed by atoms with van der Waals surface area (Å²) in [5.41, 5.74) is 0. The lowest BCUT2D eigenvalue weighted by Crippen LogP contribution is -2.19. The molecule has 0 radical (unpaired) electrons. The molecule has 0 aliphatic rings. The van der Waals surface area contributed by atoms with Gasteiger partial charge in [0.05, 0.1) is 6.54 Å². The average Bonchev–Trinajstić information content (AvgIpc) is 1.67. The normalized spacial score (nSPS) is 10.0. The maximum absolute atomic E-state index is 10.6. The summed E-state index contributed by atoms with van der Waals surface area (Å²) in [4.78, 5) is 12.9. The highest BCUT2D eigenvalue weighted by Crippen LogP contribution is 1.91. The Morgan fingerprint density at radius 1 is 1.75 bits per heavy atom. The van der Waals surface area contributed by atoms with E-state index >= 15 is 0 Å². The minimum Gasteiger partial charge on any atom is -0.298 e. The van der Waals surface area contributed by atoms with Crippen LogP contribution in [-0.2, 0) is 4.79 Å². The first kappa shape index (κ1) is 7.92. The fourth-order valence-corrected chi connectivity index (χ4v) is 0.402. The van der Waals surface area contributed by atoms with Crippen LogP contribution >= 0.6 is 11.8 Å². The van der Waals surface area contributed by atoms with Gasteiger partial charge in [-0.1, -0.05) is 13.8 Å². The smallest absolute Gasteiger partial charge is 0.150 e.